The molecule has 0 spiro atoms. The Bertz CT molecular complexity index is 713. The minimum Gasteiger partial charge on any atom is -0.396 e. The molecule has 1 aliphatic rings. The highest BCUT2D eigenvalue weighted by Gasteiger charge is 2.22. The SMILES string of the molecule is Nc1ccc(F)c(C(=O)c2ccc3c(c2)COC3)c1F. The number of nitrogens with two attached hydrogens (primary N) is 1. The summed E-state index contributed by atoms with van der Waals surface area (Å²) in [5.41, 5.74) is 6.57. The van der Waals surface area contributed by atoms with E-state index in [1.165, 1.54) is 6.07 Å². The van der Waals surface area contributed by atoms with E-state index in [1.807, 2.05) is 0 Å². The lowest BCUT2D eigenvalue weighted by molar-refractivity contribution is 0.103. The topological polar surface area (TPSA) is 52.3 Å². The van der Waals surface area contributed by atoms with E-state index >= 15 is 0 Å². The Labute approximate surface area is 114 Å². The Hall–Kier alpha value is -2.27. The molecule has 0 amide bonds. The molecule has 0 fully saturated rings. The molecule has 0 aliphatic carbocycles. The summed E-state index contributed by atoms with van der Waals surface area (Å²) in [6.07, 6.45) is 0. The van der Waals surface area contributed by atoms with Crippen molar-refractivity contribution in [3.05, 3.63) is 64.2 Å². The molecular weight excluding hydrogens is 264 g/mol. The lowest BCUT2D eigenvalue weighted by Gasteiger charge is -2.07. The third kappa shape index (κ3) is 1.96. The maximum absolute atomic E-state index is 13.9. The fourth-order valence-corrected chi connectivity index (χ4v) is 2.23. The van der Waals surface area contributed by atoms with E-state index in [0.717, 1.165) is 23.3 Å². The zero-order valence-corrected chi connectivity index (χ0v) is 10.5. The fourth-order valence-electron chi connectivity index (χ4n) is 2.23. The number of carbonyl (C=O) groups is 1. The maximum Gasteiger partial charge on any atom is 0.199 e. The van der Waals surface area contributed by atoms with Crippen LogP contribution in [0.15, 0.2) is 30.3 Å². The minimum absolute atomic E-state index is 0.220. The van der Waals surface area contributed by atoms with Crippen molar-refractivity contribution in [3.63, 3.8) is 0 Å². The Kier molecular flexibility index (Phi) is 2.99. The molecule has 1 heterocycles. The number of benzene rings is 2. The predicted molar refractivity (Wildman–Crippen MR) is 69.1 cm³/mol. The number of ketones is 1. The highest BCUT2D eigenvalue weighted by atomic mass is 19.1. The van der Waals surface area contributed by atoms with E-state index in [1.54, 1.807) is 12.1 Å². The summed E-state index contributed by atoms with van der Waals surface area (Å²) in [5.74, 6) is -2.66. The molecule has 3 rings (SSSR count). The molecule has 0 aromatic heterocycles. The number of fused-ring (bicyclic) bond motifs is 1. The van der Waals surface area contributed by atoms with Crippen molar-refractivity contribution in [2.24, 2.45) is 0 Å². The molecule has 20 heavy (non-hydrogen) atoms. The number of ether oxygens (including phenoxy) is 1. The molecule has 5 heteroatoms. The van der Waals surface area contributed by atoms with Crippen LogP contribution in [-0.4, -0.2) is 5.78 Å². The molecule has 0 saturated carbocycles. The molecule has 3 nitrogen and oxygen atoms in total. The predicted octanol–water partition coefficient (Wildman–Crippen LogP) is 2.81. The molecular formula is C15H11F2NO2. The van der Waals surface area contributed by atoms with Gasteiger partial charge in [-0.1, -0.05) is 12.1 Å². The van der Waals surface area contributed by atoms with Crippen LogP contribution >= 0.6 is 0 Å². The van der Waals surface area contributed by atoms with Crippen molar-refractivity contribution in [2.45, 2.75) is 13.2 Å². The first kappa shape index (κ1) is 12.7. The summed E-state index contributed by atoms with van der Waals surface area (Å²) in [5, 5.41) is 0. The van der Waals surface area contributed by atoms with E-state index in [4.69, 9.17) is 10.5 Å². The molecule has 0 unspecified atom stereocenters. The van der Waals surface area contributed by atoms with E-state index in [2.05, 4.69) is 0 Å². The summed E-state index contributed by atoms with van der Waals surface area (Å²) in [4.78, 5) is 12.3. The average Bonchev–Trinajstić information content (AvgIpc) is 2.90. The number of nitrogen functional groups attached to an aromatic ring is 1. The quantitative estimate of drug-likeness (QED) is 0.677. The molecule has 0 radical (unpaired) electrons. The Balaban J connectivity index is 2.07. The third-order valence-electron chi connectivity index (χ3n) is 3.33. The van der Waals surface area contributed by atoms with Crippen molar-refractivity contribution in [3.8, 4) is 0 Å². The zero-order valence-electron chi connectivity index (χ0n) is 10.5. The van der Waals surface area contributed by atoms with Gasteiger partial charge in [-0.25, -0.2) is 8.78 Å². The highest BCUT2D eigenvalue weighted by Crippen LogP contribution is 2.25. The van der Waals surface area contributed by atoms with Crippen molar-refractivity contribution in [1.29, 1.82) is 0 Å². The second kappa shape index (κ2) is 4.68. The van der Waals surface area contributed by atoms with Gasteiger partial charge in [-0.15, -0.1) is 0 Å². The highest BCUT2D eigenvalue weighted by molar-refractivity contribution is 6.10. The summed E-state index contributed by atoms with van der Waals surface area (Å²) in [7, 11) is 0. The smallest absolute Gasteiger partial charge is 0.199 e. The molecule has 0 bridgehead atoms. The van der Waals surface area contributed by atoms with Crippen LogP contribution < -0.4 is 5.73 Å². The second-order valence-corrected chi connectivity index (χ2v) is 4.63. The van der Waals surface area contributed by atoms with Crippen LogP contribution in [0.2, 0.25) is 0 Å². The van der Waals surface area contributed by atoms with Gasteiger partial charge in [0.25, 0.3) is 0 Å². The summed E-state index contributed by atoms with van der Waals surface area (Å²) in [6.45, 7) is 0.892. The molecule has 2 N–H and O–H groups in total. The van der Waals surface area contributed by atoms with Gasteiger partial charge in [0, 0.05) is 5.56 Å². The molecule has 2 aromatic rings. The van der Waals surface area contributed by atoms with Crippen LogP contribution in [0, 0.1) is 11.6 Å². The van der Waals surface area contributed by atoms with Gasteiger partial charge < -0.3 is 10.5 Å². The number of halogens is 2. The van der Waals surface area contributed by atoms with Gasteiger partial charge in [0.1, 0.15) is 5.82 Å². The van der Waals surface area contributed by atoms with E-state index < -0.39 is 23.0 Å². The Morgan fingerprint density at radius 2 is 1.85 bits per heavy atom. The molecule has 0 saturated heterocycles. The van der Waals surface area contributed by atoms with Crippen LogP contribution in [0.1, 0.15) is 27.0 Å². The number of hydrogen-bond donors (Lipinski definition) is 1. The standard InChI is InChI=1S/C15H11F2NO2/c16-11-3-4-12(18)14(17)13(11)15(19)8-1-2-9-6-20-7-10(9)5-8/h1-5H,6-7,18H2. The average molecular weight is 275 g/mol. The van der Waals surface area contributed by atoms with Crippen LogP contribution in [0.25, 0.3) is 0 Å². The number of carbonyl (C=O) groups excluding carboxylic acids is 1. The van der Waals surface area contributed by atoms with Gasteiger partial charge in [0.05, 0.1) is 24.5 Å². The van der Waals surface area contributed by atoms with Crippen molar-refractivity contribution >= 4 is 11.5 Å². The van der Waals surface area contributed by atoms with Crippen molar-refractivity contribution < 1.29 is 18.3 Å². The normalized spacial score (nSPS) is 13.3. The molecule has 0 atom stereocenters. The van der Waals surface area contributed by atoms with E-state index in [-0.39, 0.29) is 11.3 Å². The maximum atomic E-state index is 13.9. The summed E-state index contributed by atoms with van der Waals surface area (Å²) in [6, 6.07) is 6.96. The van der Waals surface area contributed by atoms with E-state index in [9.17, 15) is 13.6 Å². The molecule has 2 aromatic carbocycles. The van der Waals surface area contributed by atoms with Gasteiger partial charge >= 0.3 is 0 Å². The van der Waals surface area contributed by atoms with Crippen LogP contribution in [0.5, 0.6) is 0 Å². The van der Waals surface area contributed by atoms with Gasteiger partial charge in [-0.2, -0.15) is 0 Å². The van der Waals surface area contributed by atoms with Crippen LogP contribution in [0.3, 0.4) is 0 Å². The lowest BCUT2D eigenvalue weighted by Crippen LogP contribution is -2.10. The Morgan fingerprint density at radius 1 is 1.10 bits per heavy atom. The molecule has 102 valence electrons. The van der Waals surface area contributed by atoms with E-state index in [0.29, 0.717) is 13.2 Å². The zero-order chi connectivity index (χ0) is 14.3. The number of rotatable bonds is 2. The second-order valence-electron chi connectivity index (χ2n) is 4.63. The van der Waals surface area contributed by atoms with Gasteiger partial charge in [0.2, 0.25) is 0 Å². The lowest BCUT2D eigenvalue weighted by atomic mass is 9.98. The first-order valence-corrected chi connectivity index (χ1v) is 6.05. The monoisotopic (exact) mass is 275 g/mol. The van der Waals surface area contributed by atoms with Crippen molar-refractivity contribution in [1.82, 2.24) is 0 Å². The largest absolute Gasteiger partial charge is 0.396 e. The first-order chi connectivity index (χ1) is 9.58. The molecule has 1 aliphatic heterocycles. The summed E-state index contributed by atoms with van der Waals surface area (Å²) < 4.78 is 32.8. The van der Waals surface area contributed by atoms with Crippen molar-refractivity contribution in [2.75, 3.05) is 5.73 Å². The Morgan fingerprint density at radius 3 is 2.65 bits per heavy atom. The summed E-state index contributed by atoms with van der Waals surface area (Å²) >= 11 is 0. The van der Waals surface area contributed by atoms with Crippen LogP contribution in [0.4, 0.5) is 14.5 Å². The van der Waals surface area contributed by atoms with Gasteiger partial charge in [0.15, 0.2) is 11.6 Å². The fraction of sp³-hybridized carbons (Fsp3) is 0.133. The van der Waals surface area contributed by atoms with Gasteiger partial charge in [-0.05, 0) is 29.3 Å². The van der Waals surface area contributed by atoms with Crippen LogP contribution in [-0.2, 0) is 18.0 Å². The first-order valence-electron chi connectivity index (χ1n) is 6.05. The number of hydrogen-bond acceptors (Lipinski definition) is 3. The number of anilines is 1. The van der Waals surface area contributed by atoms with Gasteiger partial charge in [-0.3, -0.25) is 4.79 Å². The minimum atomic E-state index is -1.02. The third-order valence-corrected chi connectivity index (χ3v) is 3.33.